The second kappa shape index (κ2) is 3.23. The van der Waals surface area contributed by atoms with Crippen molar-refractivity contribution < 1.29 is 4.79 Å². The van der Waals surface area contributed by atoms with E-state index in [2.05, 4.69) is 22.0 Å². The molecule has 0 radical (unpaired) electrons. The van der Waals surface area contributed by atoms with E-state index in [0.29, 0.717) is 0 Å². The summed E-state index contributed by atoms with van der Waals surface area (Å²) in [6.07, 6.45) is 0.821. The van der Waals surface area contributed by atoms with Crippen molar-refractivity contribution in [2.75, 3.05) is 0 Å². The van der Waals surface area contributed by atoms with E-state index in [9.17, 15) is 4.79 Å². The maximum Gasteiger partial charge on any atom is 0.207 e. The zero-order valence-electron chi connectivity index (χ0n) is 6.29. The number of thioether (sulfide) groups is 1. The zero-order chi connectivity index (χ0) is 8.55. The minimum atomic E-state index is -0.00241. The third kappa shape index (κ3) is 1.43. The summed E-state index contributed by atoms with van der Waals surface area (Å²) in [6.45, 7) is 0. The third-order valence-corrected chi connectivity index (χ3v) is 3.98. The predicted molar refractivity (Wildman–Crippen MR) is 53.7 cm³/mol. The largest absolute Gasteiger partial charge is 0.286 e. The van der Waals surface area contributed by atoms with Crippen molar-refractivity contribution in [3.63, 3.8) is 0 Å². The molecule has 0 N–H and O–H groups in total. The molecule has 1 atom stereocenters. The summed E-state index contributed by atoms with van der Waals surface area (Å²) in [5.74, 6) is 0. The Labute approximate surface area is 83.7 Å². The molecule has 1 unspecified atom stereocenters. The normalized spacial score (nSPS) is 22.1. The van der Waals surface area contributed by atoms with Crippen LogP contribution in [0.25, 0.3) is 0 Å². The average Bonchev–Trinajstić information content (AvgIpc) is 2.07. The first-order valence-corrected chi connectivity index (χ1v) is 5.44. The molecule has 1 aliphatic rings. The van der Waals surface area contributed by atoms with Crippen molar-refractivity contribution >= 4 is 32.8 Å². The van der Waals surface area contributed by atoms with E-state index < -0.39 is 0 Å². The number of fused-ring (bicyclic) bond motifs is 1. The molecule has 1 heterocycles. The zero-order valence-corrected chi connectivity index (χ0v) is 8.69. The molecule has 1 aromatic rings. The number of hydrogen-bond acceptors (Lipinski definition) is 2. The molecule has 0 aromatic heterocycles. The van der Waals surface area contributed by atoms with Gasteiger partial charge in [0, 0.05) is 4.90 Å². The molecule has 1 aromatic carbocycles. The van der Waals surface area contributed by atoms with Gasteiger partial charge in [0.15, 0.2) is 0 Å². The first-order chi connectivity index (χ1) is 5.77. The molecule has 12 heavy (non-hydrogen) atoms. The van der Waals surface area contributed by atoms with E-state index in [4.69, 9.17) is 0 Å². The van der Waals surface area contributed by atoms with Gasteiger partial charge in [-0.3, -0.25) is 4.79 Å². The number of rotatable bonds is 0. The Bertz CT molecular complexity index is 324. The number of carbonyl (C=O) groups is 1. The lowest BCUT2D eigenvalue weighted by Crippen LogP contribution is -2.18. The maximum absolute atomic E-state index is 11.3. The highest BCUT2D eigenvalue weighted by Gasteiger charge is 2.24. The fraction of sp³-hybridized carbons (Fsp3) is 0.222. The molecule has 0 aliphatic carbocycles. The molecular weight excluding hydrogens is 236 g/mol. The van der Waals surface area contributed by atoms with E-state index in [1.54, 1.807) is 0 Å². The van der Waals surface area contributed by atoms with Gasteiger partial charge in [-0.15, -0.1) is 0 Å². The predicted octanol–water partition coefficient (Wildman–Crippen LogP) is 2.62. The summed E-state index contributed by atoms with van der Waals surface area (Å²) in [5.41, 5.74) is 1.27. The summed E-state index contributed by atoms with van der Waals surface area (Å²) in [7, 11) is 0. The monoisotopic (exact) mass is 242 g/mol. The topological polar surface area (TPSA) is 17.1 Å². The summed E-state index contributed by atoms with van der Waals surface area (Å²) in [4.78, 5) is 12.4. The molecule has 0 saturated heterocycles. The van der Waals surface area contributed by atoms with Gasteiger partial charge in [0.25, 0.3) is 0 Å². The quantitative estimate of drug-likeness (QED) is 0.651. The van der Waals surface area contributed by atoms with Crippen LogP contribution >= 0.6 is 27.7 Å². The average molecular weight is 243 g/mol. The maximum atomic E-state index is 11.3. The van der Waals surface area contributed by atoms with Gasteiger partial charge in [-0.1, -0.05) is 45.9 Å². The van der Waals surface area contributed by atoms with Crippen LogP contribution in [0, 0.1) is 0 Å². The van der Waals surface area contributed by atoms with Crippen LogP contribution in [0.15, 0.2) is 29.2 Å². The molecule has 62 valence electrons. The van der Waals surface area contributed by atoms with Crippen LogP contribution in [-0.4, -0.2) is 9.94 Å². The van der Waals surface area contributed by atoms with E-state index in [-0.39, 0.29) is 9.94 Å². The van der Waals surface area contributed by atoms with Gasteiger partial charge in [-0.25, -0.2) is 0 Å². The summed E-state index contributed by atoms with van der Waals surface area (Å²) < 4.78 is 0. The second-order valence-electron chi connectivity index (χ2n) is 2.70. The molecule has 2 rings (SSSR count). The number of hydrogen-bond donors (Lipinski definition) is 0. The molecule has 0 spiro atoms. The van der Waals surface area contributed by atoms with Crippen LogP contribution in [0.1, 0.15) is 5.56 Å². The lowest BCUT2D eigenvalue weighted by atomic mass is 10.1. The van der Waals surface area contributed by atoms with Crippen LogP contribution in [0.2, 0.25) is 0 Å². The Morgan fingerprint density at radius 3 is 3.00 bits per heavy atom. The van der Waals surface area contributed by atoms with Gasteiger partial charge in [0.1, 0.15) is 0 Å². The Morgan fingerprint density at radius 1 is 1.42 bits per heavy atom. The van der Waals surface area contributed by atoms with Crippen molar-refractivity contribution in [1.29, 1.82) is 0 Å². The Morgan fingerprint density at radius 2 is 2.17 bits per heavy atom. The smallest absolute Gasteiger partial charge is 0.207 e. The van der Waals surface area contributed by atoms with Crippen molar-refractivity contribution in [3.8, 4) is 0 Å². The van der Waals surface area contributed by atoms with Crippen LogP contribution in [-0.2, 0) is 11.2 Å². The lowest BCUT2D eigenvalue weighted by Gasteiger charge is -2.17. The third-order valence-electron chi connectivity index (χ3n) is 1.84. The lowest BCUT2D eigenvalue weighted by molar-refractivity contribution is -0.110. The van der Waals surface area contributed by atoms with Crippen LogP contribution in [0.5, 0.6) is 0 Å². The highest BCUT2D eigenvalue weighted by atomic mass is 79.9. The molecule has 3 heteroatoms. The van der Waals surface area contributed by atoms with Gasteiger partial charge < -0.3 is 0 Å². The molecule has 0 fully saturated rings. The highest BCUT2D eigenvalue weighted by molar-refractivity contribution is 9.10. The van der Waals surface area contributed by atoms with E-state index in [1.165, 1.54) is 17.3 Å². The number of alkyl halides is 1. The molecule has 1 nitrogen and oxygen atoms in total. The van der Waals surface area contributed by atoms with Gasteiger partial charge in [-0.2, -0.15) is 0 Å². The van der Waals surface area contributed by atoms with Crippen molar-refractivity contribution in [2.45, 2.75) is 16.1 Å². The molecule has 0 amide bonds. The second-order valence-corrected chi connectivity index (χ2v) is 4.85. The van der Waals surface area contributed by atoms with Gasteiger partial charge >= 0.3 is 0 Å². The first-order valence-electron chi connectivity index (χ1n) is 3.71. The minimum absolute atomic E-state index is 0.00241. The van der Waals surface area contributed by atoms with Gasteiger partial charge in [0.05, 0.1) is 4.83 Å². The number of carbonyl (C=O) groups excluding carboxylic acids is 1. The van der Waals surface area contributed by atoms with Crippen molar-refractivity contribution in [1.82, 2.24) is 0 Å². The van der Waals surface area contributed by atoms with Crippen molar-refractivity contribution in [2.24, 2.45) is 0 Å². The van der Waals surface area contributed by atoms with E-state index >= 15 is 0 Å². The highest BCUT2D eigenvalue weighted by Crippen LogP contribution is 2.33. The standard InChI is InChI=1S/C9H7BrOS/c10-7-5-6-3-1-2-4-8(6)12-9(7)11/h1-4,7H,5H2. The molecule has 0 saturated carbocycles. The fourth-order valence-corrected chi connectivity index (χ4v) is 2.71. The van der Waals surface area contributed by atoms with Gasteiger partial charge in [-0.05, 0) is 18.1 Å². The summed E-state index contributed by atoms with van der Waals surface area (Å²) >= 11 is 4.69. The summed E-state index contributed by atoms with van der Waals surface area (Å²) in [6, 6.07) is 8.04. The number of benzene rings is 1. The first kappa shape index (κ1) is 8.32. The van der Waals surface area contributed by atoms with Crippen LogP contribution < -0.4 is 0 Å². The Hall–Kier alpha value is -0.280. The minimum Gasteiger partial charge on any atom is -0.286 e. The molecule has 1 aliphatic heterocycles. The Kier molecular flexibility index (Phi) is 2.24. The van der Waals surface area contributed by atoms with E-state index in [0.717, 1.165) is 11.3 Å². The van der Waals surface area contributed by atoms with Crippen molar-refractivity contribution in [3.05, 3.63) is 29.8 Å². The van der Waals surface area contributed by atoms with E-state index in [1.807, 2.05) is 18.2 Å². The molecule has 0 bridgehead atoms. The van der Waals surface area contributed by atoms with Gasteiger partial charge in [0.2, 0.25) is 5.12 Å². The van der Waals surface area contributed by atoms with Crippen LogP contribution in [0.4, 0.5) is 0 Å². The van der Waals surface area contributed by atoms with Crippen LogP contribution in [0.3, 0.4) is 0 Å². The fourth-order valence-electron chi connectivity index (χ4n) is 1.22. The Balaban J connectivity index is 2.40. The summed E-state index contributed by atoms with van der Waals surface area (Å²) in [5, 5.41) is 0.216. The number of halogens is 1. The molecular formula is C9H7BrOS. The SMILES string of the molecule is O=C1Sc2ccccc2CC1Br.